The lowest BCUT2D eigenvalue weighted by Crippen LogP contribution is -2.09. The number of benzene rings is 8. The van der Waals surface area contributed by atoms with Crippen LogP contribution >= 0.6 is 0 Å². The zero-order valence-electron chi connectivity index (χ0n) is 31.0. The first-order valence-corrected chi connectivity index (χ1v) is 19.3. The molecule has 2 aromatic heterocycles. The Labute approximate surface area is 330 Å². The van der Waals surface area contributed by atoms with E-state index >= 15 is 0 Å². The molecule has 8 aromatic carbocycles. The first-order chi connectivity index (χ1) is 28.3. The van der Waals surface area contributed by atoms with Crippen molar-refractivity contribution < 1.29 is 0 Å². The van der Waals surface area contributed by atoms with E-state index in [1.165, 1.54) is 49.7 Å². The molecule has 0 spiro atoms. The molecule has 0 atom stereocenters. The molecule has 0 N–H and O–H groups in total. The van der Waals surface area contributed by atoms with Gasteiger partial charge in [0.25, 0.3) is 0 Å². The van der Waals surface area contributed by atoms with Crippen LogP contribution in [0.15, 0.2) is 200 Å². The molecular formula is C52H35N5. The van der Waals surface area contributed by atoms with E-state index in [9.17, 15) is 0 Å². The van der Waals surface area contributed by atoms with E-state index in [1.807, 2.05) is 36.4 Å². The Morgan fingerprint density at radius 1 is 0.368 bits per heavy atom. The smallest absolute Gasteiger partial charge is 0.164 e. The average Bonchev–Trinajstić information content (AvgIpc) is 3.84. The van der Waals surface area contributed by atoms with Crippen molar-refractivity contribution in [1.82, 2.24) is 19.5 Å². The van der Waals surface area contributed by atoms with Gasteiger partial charge in [-0.3, -0.25) is 0 Å². The summed E-state index contributed by atoms with van der Waals surface area (Å²) in [6.45, 7) is 0. The molecule has 5 nitrogen and oxygen atoms in total. The Bertz CT molecular complexity index is 2990. The number of hydrogen-bond acceptors (Lipinski definition) is 4. The van der Waals surface area contributed by atoms with Crippen LogP contribution in [0.3, 0.4) is 0 Å². The predicted octanol–water partition coefficient (Wildman–Crippen LogP) is 13.0. The molecule has 0 saturated carbocycles. The van der Waals surface area contributed by atoms with E-state index in [0.29, 0.717) is 17.5 Å². The van der Waals surface area contributed by atoms with Crippen LogP contribution in [-0.2, 0) is 6.42 Å². The van der Waals surface area contributed by atoms with Crippen LogP contribution in [0.5, 0.6) is 0 Å². The van der Waals surface area contributed by atoms with E-state index in [2.05, 4.69) is 173 Å². The van der Waals surface area contributed by atoms with E-state index < -0.39 is 0 Å². The van der Waals surface area contributed by atoms with Gasteiger partial charge in [-0.2, -0.15) is 0 Å². The van der Waals surface area contributed by atoms with Crippen molar-refractivity contribution in [2.24, 2.45) is 0 Å². The van der Waals surface area contributed by atoms with Gasteiger partial charge in [-0.15, -0.1) is 0 Å². The maximum absolute atomic E-state index is 5.13. The van der Waals surface area contributed by atoms with Crippen molar-refractivity contribution in [2.75, 3.05) is 4.90 Å². The zero-order valence-corrected chi connectivity index (χ0v) is 31.0. The maximum Gasteiger partial charge on any atom is 0.164 e. The molecule has 0 radical (unpaired) electrons. The lowest BCUT2D eigenvalue weighted by atomic mass is 10.0. The first kappa shape index (κ1) is 32.8. The Hall–Kier alpha value is -7.63. The van der Waals surface area contributed by atoms with Gasteiger partial charge in [-0.1, -0.05) is 146 Å². The molecule has 0 unspecified atom stereocenters. The number of fused-ring (bicyclic) bond motifs is 6. The van der Waals surface area contributed by atoms with Gasteiger partial charge in [-0.05, 0) is 76.9 Å². The van der Waals surface area contributed by atoms with Crippen LogP contribution in [-0.4, -0.2) is 19.5 Å². The fraction of sp³-hybridized carbons (Fsp3) is 0.0192. The van der Waals surface area contributed by atoms with Crippen LogP contribution in [0.2, 0.25) is 0 Å². The molecule has 0 amide bonds. The second-order valence-electron chi connectivity index (χ2n) is 14.4. The van der Waals surface area contributed by atoms with Gasteiger partial charge in [0.15, 0.2) is 17.5 Å². The number of aromatic nitrogens is 4. The molecule has 0 fully saturated rings. The third-order valence-electron chi connectivity index (χ3n) is 11.1. The lowest BCUT2D eigenvalue weighted by molar-refractivity contribution is 1.06. The molecule has 268 valence electrons. The van der Waals surface area contributed by atoms with Crippen LogP contribution in [0.25, 0.3) is 72.8 Å². The highest BCUT2D eigenvalue weighted by atomic mass is 15.1. The van der Waals surface area contributed by atoms with E-state index in [4.69, 9.17) is 15.0 Å². The standard InChI is InChI=1S/C52H35N5/c1-5-17-35(18-6-1)50-53-51(36-19-7-2-8-20-36)55-52(54-50)43-28-15-26-40-41-27-16-30-48(46(41)34-44(40)43)57-47-29-14-13-25-42(47)45-33-39(31-32-49(45)57)56(37-21-9-3-10-22-37)38-23-11-4-12-24-38/h1-33H,34H2. The maximum atomic E-state index is 5.13. The quantitative estimate of drug-likeness (QED) is 0.164. The van der Waals surface area contributed by atoms with Crippen molar-refractivity contribution in [1.29, 1.82) is 0 Å². The molecule has 1 aliphatic carbocycles. The molecule has 10 aromatic rings. The summed E-state index contributed by atoms with van der Waals surface area (Å²) in [5, 5.41) is 2.43. The van der Waals surface area contributed by atoms with Gasteiger partial charge < -0.3 is 9.47 Å². The van der Waals surface area contributed by atoms with Gasteiger partial charge in [0.2, 0.25) is 0 Å². The molecule has 0 bridgehead atoms. The Balaban J connectivity index is 1.06. The Morgan fingerprint density at radius 3 is 1.53 bits per heavy atom. The minimum absolute atomic E-state index is 0.663. The fourth-order valence-electron chi connectivity index (χ4n) is 8.53. The molecule has 2 heterocycles. The summed E-state index contributed by atoms with van der Waals surface area (Å²) in [7, 11) is 0. The number of anilines is 3. The normalized spacial score (nSPS) is 11.8. The molecule has 57 heavy (non-hydrogen) atoms. The van der Waals surface area contributed by atoms with Crippen LogP contribution in [0.4, 0.5) is 17.1 Å². The Kier molecular flexibility index (Phi) is 7.81. The summed E-state index contributed by atoms with van der Waals surface area (Å²) < 4.78 is 2.46. The molecule has 1 aliphatic rings. The summed E-state index contributed by atoms with van der Waals surface area (Å²) in [6.07, 6.45) is 0.756. The molecule has 5 heteroatoms. The second kappa shape index (κ2) is 13.6. The zero-order chi connectivity index (χ0) is 37.7. The monoisotopic (exact) mass is 729 g/mol. The van der Waals surface area contributed by atoms with Crippen LogP contribution in [0, 0.1) is 0 Å². The third kappa shape index (κ3) is 5.59. The highest BCUT2D eigenvalue weighted by Crippen LogP contribution is 2.46. The molecule has 11 rings (SSSR count). The minimum atomic E-state index is 0.663. The van der Waals surface area contributed by atoms with Crippen molar-refractivity contribution in [3.63, 3.8) is 0 Å². The summed E-state index contributed by atoms with van der Waals surface area (Å²) in [6, 6.07) is 70.5. The van der Waals surface area contributed by atoms with Crippen molar-refractivity contribution in [2.45, 2.75) is 6.42 Å². The highest BCUT2D eigenvalue weighted by molar-refractivity contribution is 6.11. The van der Waals surface area contributed by atoms with Gasteiger partial charge in [0, 0.05) is 50.9 Å². The number of nitrogens with zero attached hydrogens (tertiary/aromatic N) is 5. The van der Waals surface area contributed by atoms with Gasteiger partial charge in [0.05, 0.1) is 16.7 Å². The van der Waals surface area contributed by atoms with Gasteiger partial charge in [0.1, 0.15) is 0 Å². The summed E-state index contributed by atoms with van der Waals surface area (Å²) >= 11 is 0. The van der Waals surface area contributed by atoms with Crippen molar-refractivity contribution in [3.8, 4) is 51.0 Å². The lowest BCUT2D eigenvalue weighted by Gasteiger charge is -2.25. The number of rotatable bonds is 7. The SMILES string of the molecule is c1ccc(-c2nc(-c3ccccc3)nc(-c3cccc4c3Cc3c-4cccc3-n3c4ccccc4c4cc(N(c5ccccc5)c5ccccc5)ccc43)n2)cc1. The molecule has 0 saturated heterocycles. The van der Waals surface area contributed by atoms with Crippen molar-refractivity contribution in [3.05, 3.63) is 211 Å². The minimum Gasteiger partial charge on any atom is -0.310 e. The van der Waals surface area contributed by atoms with Gasteiger partial charge >= 0.3 is 0 Å². The topological polar surface area (TPSA) is 46.8 Å². The van der Waals surface area contributed by atoms with Crippen molar-refractivity contribution >= 4 is 38.9 Å². The average molecular weight is 730 g/mol. The molecule has 0 aliphatic heterocycles. The first-order valence-electron chi connectivity index (χ1n) is 19.3. The predicted molar refractivity (Wildman–Crippen MR) is 233 cm³/mol. The third-order valence-corrected chi connectivity index (χ3v) is 11.1. The van der Waals surface area contributed by atoms with Crippen LogP contribution < -0.4 is 4.90 Å². The van der Waals surface area contributed by atoms with Gasteiger partial charge in [-0.25, -0.2) is 15.0 Å². The second-order valence-corrected chi connectivity index (χ2v) is 14.4. The fourth-order valence-corrected chi connectivity index (χ4v) is 8.53. The van der Waals surface area contributed by atoms with E-state index in [0.717, 1.165) is 40.2 Å². The number of hydrogen-bond donors (Lipinski definition) is 0. The summed E-state index contributed by atoms with van der Waals surface area (Å²) in [5.41, 5.74) is 14.8. The van der Waals surface area contributed by atoms with E-state index in [-0.39, 0.29) is 0 Å². The Morgan fingerprint density at radius 2 is 0.877 bits per heavy atom. The largest absolute Gasteiger partial charge is 0.310 e. The molecular weight excluding hydrogens is 695 g/mol. The van der Waals surface area contributed by atoms with E-state index in [1.54, 1.807) is 0 Å². The summed E-state index contributed by atoms with van der Waals surface area (Å²) in [4.78, 5) is 17.5. The number of para-hydroxylation sites is 3. The summed E-state index contributed by atoms with van der Waals surface area (Å²) in [5.74, 6) is 2.01. The van der Waals surface area contributed by atoms with Crippen LogP contribution in [0.1, 0.15) is 11.1 Å². The highest BCUT2D eigenvalue weighted by Gasteiger charge is 2.27.